The van der Waals surface area contributed by atoms with Crippen LogP contribution in [0.25, 0.3) is 0 Å². The average molecular weight is 228 g/mol. The van der Waals surface area contributed by atoms with E-state index < -0.39 is 11.9 Å². The Hall–Kier alpha value is -2.37. The molecule has 16 heavy (non-hydrogen) atoms. The van der Waals surface area contributed by atoms with Crippen molar-refractivity contribution < 1.29 is 29.7 Å². The van der Waals surface area contributed by atoms with E-state index in [-0.39, 0.29) is 6.47 Å². The topological polar surface area (TPSA) is 112 Å². The lowest BCUT2D eigenvalue weighted by atomic mass is 10.2. The molecule has 0 spiro atoms. The highest BCUT2D eigenvalue weighted by Crippen LogP contribution is 1.96. The molecular weight excluding hydrogens is 216 g/mol. The molecule has 88 valence electrons. The van der Waals surface area contributed by atoms with E-state index in [9.17, 15) is 4.79 Å². The Kier molecular flexibility index (Phi) is 10.8. The fraction of sp³-hybridized carbons (Fsp3) is 0.100. The third-order valence-corrected chi connectivity index (χ3v) is 1.02. The van der Waals surface area contributed by atoms with Crippen molar-refractivity contribution in [3.05, 3.63) is 35.9 Å². The quantitative estimate of drug-likeness (QED) is 0.622. The molecule has 0 bridgehead atoms. The van der Waals surface area contributed by atoms with Crippen LogP contribution in [0.5, 0.6) is 0 Å². The van der Waals surface area contributed by atoms with Crippen LogP contribution in [-0.4, -0.2) is 33.7 Å². The maximum atomic E-state index is 10.2. The summed E-state index contributed by atoms with van der Waals surface area (Å²) in [6.45, 7) is 0.833. The molecule has 0 aliphatic rings. The minimum atomic E-state index is -0.879. The van der Waals surface area contributed by atoms with Crippen LogP contribution in [0.15, 0.2) is 30.3 Å². The summed E-state index contributed by atoms with van der Waals surface area (Å²) in [4.78, 5) is 27.6. The summed E-state index contributed by atoms with van der Waals surface area (Å²) in [7, 11) is 0. The molecule has 6 nitrogen and oxygen atoms in total. The van der Waals surface area contributed by atoms with Crippen molar-refractivity contribution in [2.24, 2.45) is 0 Å². The van der Waals surface area contributed by atoms with Gasteiger partial charge < -0.3 is 15.3 Å². The third kappa shape index (κ3) is 14.2. The minimum Gasteiger partial charge on any atom is -0.483 e. The van der Waals surface area contributed by atoms with Gasteiger partial charge in [0.15, 0.2) is 0 Å². The van der Waals surface area contributed by atoms with Gasteiger partial charge in [0.25, 0.3) is 12.4 Å². The molecule has 0 atom stereocenters. The van der Waals surface area contributed by atoms with E-state index in [2.05, 4.69) is 0 Å². The van der Waals surface area contributed by atoms with Crippen LogP contribution >= 0.6 is 0 Å². The second-order valence-electron chi connectivity index (χ2n) is 2.30. The van der Waals surface area contributed by atoms with Gasteiger partial charge in [0, 0.05) is 6.92 Å². The van der Waals surface area contributed by atoms with E-state index >= 15 is 0 Å². The summed E-state index contributed by atoms with van der Waals surface area (Å²) in [6.07, 6.45) is 0. The highest BCUT2D eigenvalue weighted by Gasteiger charge is 1.96. The zero-order chi connectivity index (χ0) is 13.0. The van der Waals surface area contributed by atoms with E-state index in [1.165, 1.54) is 0 Å². The van der Waals surface area contributed by atoms with Crippen LogP contribution in [0, 0.1) is 0 Å². The number of aliphatic carboxylic acids is 1. The van der Waals surface area contributed by atoms with Crippen molar-refractivity contribution in [2.75, 3.05) is 0 Å². The van der Waals surface area contributed by atoms with Gasteiger partial charge in [-0.3, -0.25) is 9.59 Å². The Balaban J connectivity index is 0. The predicted octanol–water partition coefficient (Wildman–Crippen LogP) is 1.18. The van der Waals surface area contributed by atoms with Gasteiger partial charge in [-0.15, -0.1) is 0 Å². The molecule has 0 aliphatic heterocycles. The number of benzene rings is 1. The molecule has 0 saturated carbocycles. The second kappa shape index (κ2) is 10.7. The standard InChI is InChI=1S/C7H6O2.C2H4O2.CH2O2/c8-7(9)6-4-2-1-3-5-6;1-2(3)4;2-1-3/h1-5H,(H,8,9);1H3,(H,3,4);1H,(H,2,3). The molecule has 0 amide bonds. The number of rotatable bonds is 1. The predicted molar refractivity (Wildman–Crippen MR) is 55.4 cm³/mol. The third-order valence-electron chi connectivity index (χ3n) is 1.02. The minimum absolute atomic E-state index is 0.250. The van der Waals surface area contributed by atoms with Crippen molar-refractivity contribution in [3.8, 4) is 0 Å². The first-order valence-corrected chi connectivity index (χ1v) is 4.01. The first-order valence-electron chi connectivity index (χ1n) is 4.01. The highest BCUT2D eigenvalue weighted by molar-refractivity contribution is 5.87. The van der Waals surface area contributed by atoms with Crippen LogP contribution in [0.3, 0.4) is 0 Å². The maximum absolute atomic E-state index is 10.2. The summed E-state index contributed by atoms with van der Waals surface area (Å²) < 4.78 is 0. The number of carbonyl (C=O) groups is 3. The lowest BCUT2D eigenvalue weighted by Gasteiger charge is -1.88. The number of hydrogen-bond acceptors (Lipinski definition) is 3. The second-order valence-corrected chi connectivity index (χ2v) is 2.30. The summed E-state index contributed by atoms with van der Waals surface area (Å²) in [5, 5.41) is 22.7. The van der Waals surface area contributed by atoms with Crippen molar-refractivity contribution in [1.29, 1.82) is 0 Å². The summed E-state index contributed by atoms with van der Waals surface area (Å²) in [6, 6.07) is 8.30. The van der Waals surface area contributed by atoms with Gasteiger partial charge in [0.2, 0.25) is 0 Å². The van der Waals surface area contributed by atoms with Crippen molar-refractivity contribution >= 4 is 18.4 Å². The molecule has 1 aromatic carbocycles. The SMILES string of the molecule is CC(=O)O.O=C(O)c1ccccc1.O=CO. The molecule has 1 rings (SSSR count). The smallest absolute Gasteiger partial charge is 0.335 e. The molecule has 0 unspecified atom stereocenters. The Morgan fingerprint density at radius 2 is 1.44 bits per heavy atom. The van der Waals surface area contributed by atoms with Gasteiger partial charge in [-0.2, -0.15) is 0 Å². The number of aromatic carboxylic acids is 1. The fourth-order valence-corrected chi connectivity index (χ4v) is 0.581. The lowest BCUT2D eigenvalue weighted by Crippen LogP contribution is -1.93. The molecular formula is C10H12O6. The Morgan fingerprint density at radius 1 is 1.12 bits per heavy atom. The molecule has 0 saturated heterocycles. The zero-order valence-electron chi connectivity index (χ0n) is 8.53. The first-order chi connectivity index (χ1) is 7.45. The Bertz CT molecular complexity index is 315. The van der Waals surface area contributed by atoms with Crippen molar-refractivity contribution in [1.82, 2.24) is 0 Å². The highest BCUT2D eigenvalue weighted by atomic mass is 16.4. The number of carboxylic acids is 2. The van der Waals surface area contributed by atoms with Crippen LogP contribution in [0.2, 0.25) is 0 Å². The van der Waals surface area contributed by atoms with Gasteiger partial charge in [-0.1, -0.05) is 18.2 Å². The zero-order valence-corrected chi connectivity index (χ0v) is 8.53. The van der Waals surface area contributed by atoms with E-state index in [1.54, 1.807) is 30.3 Å². The largest absolute Gasteiger partial charge is 0.483 e. The van der Waals surface area contributed by atoms with Crippen LogP contribution in [-0.2, 0) is 9.59 Å². The van der Waals surface area contributed by atoms with Crippen LogP contribution < -0.4 is 0 Å². The van der Waals surface area contributed by atoms with Crippen molar-refractivity contribution in [3.63, 3.8) is 0 Å². The monoisotopic (exact) mass is 228 g/mol. The average Bonchev–Trinajstić information content (AvgIpc) is 2.19. The van der Waals surface area contributed by atoms with Gasteiger partial charge in [0.1, 0.15) is 0 Å². The Labute approximate surface area is 91.8 Å². The molecule has 0 heterocycles. The van der Waals surface area contributed by atoms with E-state index in [0.717, 1.165) is 6.92 Å². The molecule has 1 aromatic rings. The molecule has 6 heteroatoms. The molecule has 3 N–H and O–H groups in total. The normalized spacial score (nSPS) is 7.31. The van der Waals surface area contributed by atoms with Gasteiger partial charge >= 0.3 is 5.97 Å². The summed E-state index contributed by atoms with van der Waals surface area (Å²) in [5.41, 5.74) is 0.331. The van der Waals surface area contributed by atoms with E-state index in [1.807, 2.05) is 0 Å². The van der Waals surface area contributed by atoms with Gasteiger partial charge in [-0.25, -0.2) is 4.79 Å². The summed E-state index contributed by atoms with van der Waals surface area (Å²) in [5.74, 6) is -1.71. The summed E-state index contributed by atoms with van der Waals surface area (Å²) >= 11 is 0. The number of hydrogen-bond donors (Lipinski definition) is 3. The van der Waals surface area contributed by atoms with E-state index in [4.69, 9.17) is 24.9 Å². The molecule has 0 aromatic heterocycles. The molecule has 0 aliphatic carbocycles. The molecule has 0 radical (unpaired) electrons. The van der Waals surface area contributed by atoms with E-state index in [0.29, 0.717) is 5.56 Å². The Morgan fingerprint density at radius 3 is 1.62 bits per heavy atom. The van der Waals surface area contributed by atoms with Crippen molar-refractivity contribution in [2.45, 2.75) is 6.92 Å². The fourth-order valence-electron chi connectivity index (χ4n) is 0.581. The molecule has 0 fully saturated rings. The maximum Gasteiger partial charge on any atom is 0.335 e. The van der Waals surface area contributed by atoms with Crippen LogP contribution in [0.1, 0.15) is 17.3 Å². The number of carboxylic acid groups (broad SMARTS) is 3. The van der Waals surface area contributed by atoms with Gasteiger partial charge in [0.05, 0.1) is 5.56 Å². The lowest BCUT2D eigenvalue weighted by molar-refractivity contribution is -0.134. The first kappa shape index (κ1) is 16.1. The van der Waals surface area contributed by atoms with Gasteiger partial charge in [-0.05, 0) is 12.1 Å². The van der Waals surface area contributed by atoms with Crippen LogP contribution in [0.4, 0.5) is 0 Å².